The van der Waals surface area contributed by atoms with Crippen molar-refractivity contribution in [1.29, 1.82) is 5.41 Å². The molecule has 0 aliphatic rings. The molecule has 0 aromatic rings. The van der Waals surface area contributed by atoms with E-state index in [1.807, 2.05) is 0 Å². The Hall–Kier alpha value is 0.140. The Morgan fingerprint density at radius 1 is 1.40 bits per heavy atom. The van der Waals surface area contributed by atoms with Gasteiger partial charge in [-0.2, -0.15) is 0 Å². The van der Waals surface area contributed by atoms with Crippen molar-refractivity contribution in [3.05, 3.63) is 0 Å². The van der Waals surface area contributed by atoms with Crippen LogP contribution in [0.2, 0.25) is 0 Å². The van der Waals surface area contributed by atoms with E-state index in [1.165, 1.54) is 0 Å². The Morgan fingerprint density at radius 3 is 1.40 bits per heavy atom. The van der Waals surface area contributed by atoms with Crippen molar-refractivity contribution in [2.75, 3.05) is 0 Å². The molecule has 0 heterocycles. The van der Waals surface area contributed by atoms with Gasteiger partial charge in [0.05, 0.1) is 0 Å². The first-order chi connectivity index (χ1) is 1.73. The molecule has 0 radical (unpaired) electrons. The van der Waals surface area contributed by atoms with Crippen molar-refractivity contribution in [2.45, 2.75) is 0 Å². The van der Waals surface area contributed by atoms with Crippen molar-refractivity contribution >= 4 is 5.96 Å². The number of guanidine groups is 1. The smallest absolute Gasteiger partial charge is 0.183 e. The molecule has 0 amide bonds. The minimum atomic E-state index is -0.333. The van der Waals surface area contributed by atoms with Gasteiger partial charge in [-0.1, -0.05) is 0 Å². The Labute approximate surface area is 49.0 Å². The standard InChI is InChI=1S/CH5N3.Hf/c2-1(3)4;/h(H5,2,3,4);. The SMILES string of the molecule is N=C(N)N.[Hf]. The Balaban J connectivity index is 0. The van der Waals surface area contributed by atoms with Gasteiger partial charge < -0.3 is 11.5 Å². The molecule has 3 nitrogen and oxygen atoms in total. The van der Waals surface area contributed by atoms with Crippen molar-refractivity contribution in [1.82, 2.24) is 0 Å². The summed E-state index contributed by atoms with van der Waals surface area (Å²) in [4.78, 5) is 0. The van der Waals surface area contributed by atoms with Crippen LogP contribution in [0.3, 0.4) is 0 Å². The van der Waals surface area contributed by atoms with Gasteiger partial charge in [0.2, 0.25) is 0 Å². The molecule has 5 N–H and O–H groups in total. The molecular formula is CH5HfN3. The molecule has 0 fully saturated rings. The second-order valence-electron chi connectivity index (χ2n) is 0.455. The zero-order valence-electron chi connectivity index (χ0n) is 2.65. The number of hydrogen-bond donors (Lipinski definition) is 3. The zero-order valence-corrected chi connectivity index (χ0v) is 6.25. The molecule has 5 heavy (non-hydrogen) atoms. The summed E-state index contributed by atoms with van der Waals surface area (Å²) < 4.78 is 0. The maximum absolute atomic E-state index is 6.06. The van der Waals surface area contributed by atoms with E-state index in [0.717, 1.165) is 0 Å². The van der Waals surface area contributed by atoms with Crippen LogP contribution in [-0.4, -0.2) is 5.96 Å². The molecule has 0 aromatic carbocycles. The second kappa shape index (κ2) is 4.14. The summed E-state index contributed by atoms with van der Waals surface area (Å²) in [6.07, 6.45) is 0. The third-order valence-electron chi connectivity index (χ3n) is 0. The zero-order chi connectivity index (χ0) is 3.58. The summed E-state index contributed by atoms with van der Waals surface area (Å²) in [5, 5.41) is 6.06. The van der Waals surface area contributed by atoms with Gasteiger partial charge >= 0.3 is 0 Å². The van der Waals surface area contributed by atoms with Gasteiger partial charge in [0, 0.05) is 25.8 Å². The van der Waals surface area contributed by atoms with E-state index >= 15 is 0 Å². The molecule has 0 spiro atoms. The Morgan fingerprint density at radius 2 is 1.40 bits per heavy atom. The van der Waals surface area contributed by atoms with Gasteiger partial charge in [0.15, 0.2) is 5.96 Å². The predicted octanol–water partition coefficient (Wildman–Crippen LogP) is -1.16. The summed E-state index contributed by atoms with van der Waals surface area (Å²) in [5.41, 5.74) is 8.94. The third-order valence-corrected chi connectivity index (χ3v) is 0. The fourth-order valence-corrected chi connectivity index (χ4v) is 0. The van der Waals surface area contributed by atoms with Crippen LogP contribution in [0.5, 0.6) is 0 Å². The first-order valence-corrected chi connectivity index (χ1v) is 0.827. The van der Waals surface area contributed by atoms with E-state index in [9.17, 15) is 0 Å². The van der Waals surface area contributed by atoms with E-state index in [0.29, 0.717) is 0 Å². The van der Waals surface area contributed by atoms with Gasteiger partial charge in [-0.25, -0.2) is 0 Å². The minimum absolute atomic E-state index is 0. The molecule has 0 rings (SSSR count). The van der Waals surface area contributed by atoms with Crippen LogP contribution >= 0.6 is 0 Å². The third kappa shape index (κ3) is 966. The van der Waals surface area contributed by atoms with Crippen LogP contribution < -0.4 is 11.5 Å². The van der Waals surface area contributed by atoms with Crippen molar-refractivity contribution < 1.29 is 25.8 Å². The van der Waals surface area contributed by atoms with E-state index in [2.05, 4.69) is 11.5 Å². The Kier molecular flexibility index (Phi) is 7.40. The molecule has 0 aliphatic heterocycles. The van der Waals surface area contributed by atoms with E-state index in [1.54, 1.807) is 0 Å². The van der Waals surface area contributed by atoms with E-state index in [-0.39, 0.29) is 31.8 Å². The minimum Gasteiger partial charge on any atom is -0.370 e. The van der Waals surface area contributed by atoms with Crippen LogP contribution in [0.25, 0.3) is 0 Å². The van der Waals surface area contributed by atoms with Crippen molar-refractivity contribution in [2.24, 2.45) is 11.5 Å². The molecule has 0 unspecified atom stereocenters. The monoisotopic (exact) mass is 239 g/mol. The number of nitrogens with one attached hydrogen (secondary N) is 1. The molecular weight excluding hydrogens is 233 g/mol. The molecule has 4 heteroatoms. The van der Waals surface area contributed by atoms with Crippen LogP contribution in [0.4, 0.5) is 0 Å². The van der Waals surface area contributed by atoms with Crippen LogP contribution in [0.1, 0.15) is 0 Å². The summed E-state index contributed by atoms with van der Waals surface area (Å²) in [5.74, 6) is -0.333. The van der Waals surface area contributed by atoms with Gasteiger partial charge in [0.1, 0.15) is 0 Å². The molecule has 0 bridgehead atoms. The van der Waals surface area contributed by atoms with Crippen LogP contribution in [-0.2, 0) is 25.8 Å². The quantitative estimate of drug-likeness (QED) is 0.282. The topological polar surface area (TPSA) is 75.9 Å². The predicted molar refractivity (Wildman–Crippen MR) is 16.1 cm³/mol. The number of nitrogens with two attached hydrogens (primary N) is 2. The average molecular weight is 238 g/mol. The first kappa shape index (κ1) is 8.94. The maximum Gasteiger partial charge on any atom is 0.183 e. The fourth-order valence-electron chi connectivity index (χ4n) is 0. The van der Waals surface area contributed by atoms with Gasteiger partial charge in [-0.05, 0) is 0 Å². The molecule has 0 saturated carbocycles. The molecule has 0 aromatic heterocycles. The van der Waals surface area contributed by atoms with Crippen molar-refractivity contribution in [3.63, 3.8) is 0 Å². The van der Waals surface area contributed by atoms with Crippen LogP contribution in [0.15, 0.2) is 0 Å². The normalized spacial score (nSPS) is 4.80. The fraction of sp³-hybridized carbons (Fsp3) is 0. The second-order valence-corrected chi connectivity index (χ2v) is 0.455. The Bertz CT molecular complexity index is 29.9. The summed E-state index contributed by atoms with van der Waals surface area (Å²) in [6, 6.07) is 0. The molecule has 0 atom stereocenters. The van der Waals surface area contributed by atoms with E-state index < -0.39 is 0 Å². The molecule has 0 saturated heterocycles. The number of hydrogen-bond acceptors (Lipinski definition) is 1. The maximum atomic E-state index is 6.06. The molecule has 28 valence electrons. The summed E-state index contributed by atoms with van der Waals surface area (Å²) in [7, 11) is 0. The van der Waals surface area contributed by atoms with Gasteiger partial charge in [-0.3, -0.25) is 5.41 Å². The summed E-state index contributed by atoms with van der Waals surface area (Å²) in [6.45, 7) is 0. The first-order valence-electron chi connectivity index (χ1n) is 0.827. The van der Waals surface area contributed by atoms with E-state index in [4.69, 9.17) is 5.41 Å². The van der Waals surface area contributed by atoms with Gasteiger partial charge in [-0.15, -0.1) is 0 Å². The van der Waals surface area contributed by atoms with Crippen molar-refractivity contribution in [3.8, 4) is 0 Å². The van der Waals surface area contributed by atoms with Gasteiger partial charge in [0.25, 0.3) is 0 Å². The molecule has 0 aliphatic carbocycles. The van der Waals surface area contributed by atoms with Crippen LogP contribution in [0, 0.1) is 5.41 Å². The summed E-state index contributed by atoms with van der Waals surface area (Å²) >= 11 is 0. The number of rotatable bonds is 0. The largest absolute Gasteiger partial charge is 0.370 e. The average Bonchev–Trinajstić information content (AvgIpc) is 0.811.